The molecule has 3 aromatic carbocycles. The third-order valence-corrected chi connectivity index (χ3v) is 8.09. The van der Waals surface area contributed by atoms with Crippen molar-refractivity contribution >= 4 is 17.1 Å². The molecule has 6 aromatic rings. The van der Waals surface area contributed by atoms with Crippen molar-refractivity contribution in [1.82, 2.24) is 15.0 Å². The molecular formula is C39H36N6O3. The first-order valence-electron chi connectivity index (χ1n) is 15.9. The average molecular weight is 637 g/mol. The van der Waals surface area contributed by atoms with Crippen LogP contribution >= 0.6 is 0 Å². The summed E-state index contributed by atoms with van der Waals surface area (Å²) < 4.78 is 16.9. The highest BCUT2D eigenvalue weighted by atomic mass is 16.5. The summed E-state index contributed by atoms with van der Waals surface area (Å²) in [6.07, 6.45) is 7.19. The molecule has 0 fully saturated rings. The maximum absolute atomic E-state index is 5.68. The number of para-hydroxylation sites is 3. The van der Waals surface area contributed by atoms with Crippen molar-refractivity contribution in [1.29, 1.82) is 0 Å². The smallest absolute Gasteiger partial charge is 0.220 e. The van der Waals surface area contributed by atoms with E-state index >= 15 is 0 Å². The molecule has 3 aromatic heterocycles. The van der Waals surface area contributed by atoms with Gasteiger partial charge in [0.1, 0.15) is 17.2 Å². The predicted molar refractivity (Wildman–Crippen MR) is 187 cm³/mol. The lowest BCUT2D eigenvalue weighted by molar-refractivity contribution is 0.277. The predicted octanol–water partition coefficient (Wildman–Crippen LogP) is 7.31. The second-order valence-corrected chi connectivity index (χ2v) is 11.3. The van der Waals surface area contributed by atoms with Gasteiger partial charge < -0.3 is 28.9 Å². The molecule has 0 aliphatic carbocycles. The Morgan fingerprint density at radius 2 is 0.979 bits per heavy atom. The Labute approximate surface area is 280 Å². The minimum Gasteiger partial charge on any atom is -0.473 e. The van der Waals surface area contributed by atoms with Gasteiger partial charge in [-0.1, -0.05) is 60.7 Å². The molecule has 0 amide bonds. The average Bonchev–Trinajstić information content (AvgIpc) is 3.19. The minimum absolute atomic E-state index is 0.564. The van der Waals surface area contributed by atoms with Gasteiger partial charge in [0.25, 0.3) is 0 Å². The number of benzene rings is 3. The van der Waals surface area contributed by atoms with E-state index in [1.165, 1.54) is 17.1 Å². The van der Waals surface area contributed by atoms with Crippen LogP contribution in [0, 0.1) is 0 Å². The third-order valence-electron chi connectivity index (χ3n) is 8.09. The van der Waals surface area contributed by atoms with Crippen LogP contribution < -0.4 is 28.9 Å². The molecule has 9 rings (SSSR count). The van der Waals surface area contributed by atoms with Crippen molar-refractivity contribution in [2.24, 2.45) is 0 Å². The van der Waals surface area contributed by atoms with E-state index in [1.54, 1.807) is 18.6 Å². The van der Waals surface area contributed by atoms with Crippen LogP contribution in [0.4, 0.5) is 17.1 Å². The monoisotopic (exact) mass is 636 g/mol. The molecule has 6 heterocycles. The molecule has 3 aliphatic rings. The van der Waals surface area contributed by atoms with Crippen LogP contribution in [0.1, 0.15) is 16.8 Å². The van der Waals surface area contributed by atoms with E-state index in [2.05, 4.69) is 72.1 Å². The summed E-state index contributed by atoms with van der Waals surface area (Å²) in [4.78, 5) is 19.2. The maximum atomic E-state index is 5.68. The summed E-state index contributed by atoms with van der Waals surface area (Å²) in [5, 5.41) is 0. The van der Waals surface area contributed by atoms with E-state index in [0.29, 0.717) is 20.2 Å². The Kier molecular flexibility index (Phi) is 9.55. The molecular weight excluding hydrogens is 600 g/mol. The molecule has 0 saturated carbocycles. The molecule has 0 radical (unpaired) electrons. The Morgan fingerprint density at radius 3 is 1.65 bits per heavy atom. The largest absolute Gasteiger partial charge is 0.473 e. The number of fused-ring (bicyclic) bond motifs is 3. The van der Waals surface area contributed by atoms with Crippen molar-refractivity contribution in [3.63, 3.8) is 0 Å². The fourth-order valence-corrected chi connectivity index (χ4v) is 5.60. The fourth-order valence-electron chi connectivity index (χ4n) is 5.60. The van der Waals surface area contributed by atoms with E-state index in [1.807, 2.05) is 85.1 Å². The van der Waals surface area contributed by atoms with Gasteiger partial charge >= 0.3 is 0 Å². The van der Waals surface area contributed by atoms with Crippen molar-refractivity contribution in [3.8, 4) is 17.4 Å². The van der Waals surface area contributed by atoms with Gasteiger partial charge in [0.05, 0.1) is 19.6 Å². The minimum atomic E-state index is 0.564. The summed E-state index contributed by atoms with van der Waals surface area (Å²) >= 11 is 0. The molecule has 0 spiro atoms. The van der Waals surface area contributed by atoms with Crippen molar-refractivity contribution in [2.45, 2.75) is 19.6 Å². The first kappa shape index (κ1) is 30.6. The van der Waals surface area contributed by atoms with Crippen LogP contribution in [-0.4, -0.2) is 35.1 Å². The van der Waals surface area contributed by atoms with Crippen LogP contribution in [0.15, 0.2) is 146 Å². The quantitative estimate of drug-likeness (QED) is 0.199. The van der Waals surface area contributed by atoms with Crippen molar-refractivity contribution in [3.05, 3.63) is 163 Å². The number of hydrogen-bond donors (Lipinski definition) is 0. The SMILES string of the molecule is c1ccc(N2COc3cccnc3C2)cc1.c1ccc(N2COc3ccncc3C2)cc1.c1ccc(N2COc3ncccc3C2)cc1. The molecule has 0 saturated heterocycles. The first-order valence-corrected chi connectivity index (χ1v) is 15.9. The number of rotatable bonds is 3. The van der Waals surface area contributed by atoms with E-state index in [-0.39, 0.29) is 0 Å². The van der Waals surface area contributed by atoms with E-state index in [4.69, 9.17) is 14.2 Å². The number of ether oxygens (including phenoxy) is 3. The van der Waals surface area contributed by atoms with Gasteiger partial charge in [-0.3, -0.25) is 9.97 Å². The topological polar surface area (TPSA) is 76.1 Å². The number of nitrogens with zero attached hydrogens (tertiary/aromatic N) is 6. The van der Waals surface area contributed by atoms with Crippen molar-refractivity contribution < 1.29 is 14.2 Å². The van der Waals surface area contributed by atoms with E-state index < -0.39 is 0 Å². The fraction of sp³-hybridized carbons (Fsp3) is 0.154. The van der Waals surface area contributed by atoms with Gasteiger partial charge in [0.15, 0.2) is 20.2 Å². The highest BCUT2D eigenvalue weighted by Gasteiger charge is 2.19. The molecule has 3 aliphatic heterocycles. The Hall–Kier alpha value is -6.09. The number of pyridine rings is 3. The van der Waals surface area contributed by atoms with Gasteiger partial charge in [-0.15, -0.1) is 0 Å². The van der Waals surface area contributed by atoms with Gasteiger partial charge in [0.2, 0.25) is 5.88 Å². The summed E-state index contributed by atoms with van der Waals surface area (Å²) in [7, 11) is 0. The van der Waals surface area contributed by atoms with E-state index in [9.17, 15) is 0 Å². The van der Waals surface area contributed by atoms with Gasteiger partial charge in [-0.25, -0.2) is 4.98 Å². The van der Waals surface area contributed by atoms with Crippen LogP contribution in [0.3, 0.4) is 0 Å². The Balaban J connectivity index is 0.000000114. The lowest BCUT2D eigenvalue weighted by atomic mass is 10.2. The molecule has 240 valence electrons. The normalized spacial score (nSPS) is 14.1. The first-order chi connectivity index (χ1) is 23.8. The van der Waals surface area contributed by atoms with Crippen LogP contribution in [0.5, 0.6) is 17.4 Å². The lowest BCUT2D eigenvalue weighted by Gasteiger charge is -2.30. The summed E-state index contributed by atoms with van der Waals surface area (Å²) in [5.74, 6) is 2.60. The number of anilines is 3. The van der Waals surface area contributed by atoms with E-state index in [0.717, 1.165) is 53.8 Å². The molecule has 0 N–H and O–H groups in total. The summed E-state index contributed by atoms with van der Waals surface area (Å²) in [5.41, 5.74) is 6.79. The molecule has 9 heteroatoms. The summed E-state index contributed by atoms with van der Waals surface area (Å²) in [6, 6.07) is 40.5. The molecule has 0 bridgehead atoms. The zero-order valence-corrected chi connectivity index (χ0v) is 26.5. The lowest BCUT2D eigenvalue weighted by Crippen LogP contribution is -2.32. The highest BCUT2D eigenvalue weighted by molar-refractivity contribution is 5.50. The molecule has 9 nitrogen and oxygen atoms in total. The third kappa shape index (κ3) is 7.47. The molecule has 0 atom stereocenters. The molecule has 48 heavy (non-hydrogen) atoms. The number of hydrogen-bond acceptors (Lipinski definition) is 9. The zero-order chi connectivity index (χ0) is 32.4. The maximum Gasteiger partial charge on any atom is 0.220 e. The highest BCUT2D eigenvalue weighted by Crippen LogP contribution is 2.28. The van der Waals surface area contributed by atoms with Gasteiger partial charge in [0, 0.05) is 53.0 Å². The second kappa shape index (κ2) is 15.0. The number of aromatic nitrogens is 3. The van der Waals surface area contributed by atoms with Crippen LogP contribution in [0.2, 0.25) is 0 Å². The van der Waals surface area contributed by atoms with Crippen molar-refractivity contribution in [2.75, 3.05) is 34.9 Å². The van der Waals surface area contributed by atoms with Crippen LogP contribution in [0.25, 0.3) is 0 Å². The zero-order valence-electron chi connectivity index (χ0n) is 26.5. The Morgan fingerprint density at radius 1 is 0.438 bits per heavy atom. The molecule has 0 unspecified atom stereocenters. The van der Waals surface area contributed by atoms with Gasteiger partial charge in [-0.05, 0) is 60.7 Å². The van der Waals surface area contributed by atoms with Gasteiger partial charge in [-0.2, -0.15) is 0 Å². The standard InChI is InChI=1S/3C13H12N2O/c1-2-6-12(7-3-1)15-9-11-5-4-8-14-13(11)16-10-15;1-2-5-11(6-3-1)15-9-12-13(16-10-15)7-4-8-14-12;1-2-4-12(5-3-1)15-9-11-8-14-7-6-13(11)16-10-15/h3*1-8H,9-10H2. The second-order valence-electron chi connectivity index (χ2n) is 11.3. The van der Waals surface area contributed by atoms with Crippen LogP contribution in [-0.2, 0) is 19.6 Å². The Bertz CT molecular complexity index is 1670. The summed E-state index contributed by atoms with van der Waals surface area (Å²) in [6.45, 7) is 4.26.